The van der Waals surface area contributed by atoms with E-state index in [0.29, 0.717) is 39.6 Å². The molecule has 60 heavy (non-hydrogen) atoms. The minimum Gasteiger partial charge on any atom is -0.744 e. The smallest absolute Gasteiger partial charge is 0.744 e. The Morgan fingerprint density at radius 2 is 1.55 bits per heavy atom. The molecule has 3 aromatic carbocycles. The molecule has 1 N–H and O–H groups in total. The van der Waals surface area contributed by atoms with E-state index in [1.54, 1.807) is 50.8 Å². The summed E-state index contributed by atoms with van der Waals surface area (Å²) in [6.07, 6.45) is 0. The summed E-state index contributed by atoms with van der Waals surface area (Å²) < 4.78 is 79.7. The van der Waals surface area contributed by atoms with Gasteiger partial charge in [0.2, 0.25) is 5.82 Å². The van der Waals surface area contributed by atoms with E-state index in [1.165, 1.54) is 25.2 Å². The largest absolute Gasteiger partial charge is 1.00 e. The van der Waals surface area contributed by atoms with Crippen LogP contribution in [0.3, 0.4) is 0 Å². The first-order chi connectivity index (χ1) is 27.4. The summed E-state index contributed by atoms with van der Waals surface area (Å²) >= 11 is 1.42. The van der Waals surface area contributed by atoms with E-state index in [9.17, 15) is 31.2 Å². The monoisotopic (exact) mass is 878 g/mol. The Balaban J connectivity index is 0.00000341. The molecule has 0 atom stereocenters. The zero-order valence-corrected chi connectivity index (χ0v) is 40.1. The predicted molar refractivity (Wildman–Crippen MR) is 212 cm³/mol. The first-order valence-electron chi connectivity index (χ1n) is 17.2. The molecule has 17 nitrogen and oxygen atoms in total. The van der Waals surface area contributed by atoms with Crippen molar-refractivity contribution in [3.63, 3.8) is 0 Å². The van der Waals surface area contributed by atoms with E-state index in [0.717, 1.165) is 14.8 Å². The van der Waals surface area contributed by atoms with E-state index >= 15 is 0 Å². The summed E-state index contributed by atoms with van der Waals surface area (Å²) in [7, 11) is -9.85. The van der Waals surface area contributed by atoms with Crippen LogP contribution in [0.25, 0.3) is 19.9 Å². The number of nitrogens with one attached hydrogen (secondary N) is 1. The van der Waals surface area contributed by atoms with Gasteiger partial charge in [-0.3, -0.25) is 0 Å². The van der Waals surface area contributed by atoms with Crippen LogP contribution in [0.5, 0.6) is 0 Å². The molecule has 0 amide bonds. The number of anilines is 5. The molecule has 0 bridgehead atoms. The van der Waals surface area contributed by atoms with Crippen LogP contribution in [0.15, 0.2) is 62.5 Å². The molecule has 22 heteroatoms. The van der Waals surface area contributed by atoms with Crippen molar-refractivity contribution in [1.29, 1.82) is 5.26 Å². The fraction of sp³-hybridized carbons (Fsp3) is 0.211. The molecule has 0 spiro atoms. The van der Waals surface area contributed by atoms with E-state index in [1.807, 2.05) is 30.3 Å². The summed E-state index contributed by atoms with van der Waals surface area (Å²) in [5, 5.41) is 22.0. The normalized spacial score (nSPS) is 12.2. The number of aryl methyl sites for hydroxylation is 4. The first-order valence-corrected chi connectivity index (χ1v) is 20.8. The average Bonchev–Trinajstić information content (AvgIpc) is 3.67. The molecule has 0 saturated heterocycles. The molecule has 1 aliphatic rings. The van der Waals surface area contributed by atoms with Crippen LogP contribution >= 0.6 is 11.3 Å². The van der Waals surface area contributed by atoms with Gasteiger partial charge in [-0.25, -0.2) is 26.0 Å². The minimum atomic E-state index is -4.93. The number of aromatic nitrogens is 4. The number of hydrogen-bond donors (Lipinski definition) is 1. The Kier molecular flexibility index (Phi) is 13.5. The maximum atomic E-state index is 12.7. The van der Waals surface area contributed by atoms with Crippen molar-refractivity contribution in [2.45, 2.75) is 64.4 Å². The second kappa shape index (κ2) is 17.4. The Morgan fingerprint density at radius 3 is 2.18 bits per heavy atom. The molecule has 0 unspecified atom stereocenters. The summed E-state index contributed by atoms with van der Waals surface area (Å²) in [5.41, 5.74) is 4.26. The predicted octanol–water partition coefficient (Wildman–Crippen LogP) is 2.06. The maximum absolute atomic E-state index is 12.7. The number of nitrogens with zero attached hydrogens (tertiary/aromatic N) is 10. The molecule has 292 valence electrons. The summed E-state index contributed by atoms with van der Waals surface area (Å²) in [6, 6.07) is 14.5. The van der Waals surface area contributed by atoms with Gasteiger partial charge in [0.05, 0.1) is 14.5 Å². The van der Waals surface area contributed by atoms with Gasteiger partial charge in [-0.1, -0.05) is 41.4 Å². The second-order valence-corrected chi connectivity index (χ2v) is 17.2. The summed E-state index contributed by atoms with van der Waals surface area (Å²) in [6.45, 7) is 24.6. The number of hydrogen-bond acceptors (Lipinski definition) is 14. The second-order valence-electron chi connectivity index (χ2n) is 13.5. The van der Waals surface area contributed by atoms with Gasteiger partial charge in [0.25, 0.3) is 11.6 Å². The third-order valence-corrected chi connectivity index (χ3v) is 13.1. The van der Waals surface area contributed by atoms with E-state index in [2.05, 4.69) is 34.8 Å². The molecule has 0 saturated carbocycles. The molecular weight excluding hydrogens is 849 g/mol. The number of rotatable bonds is 8. The molecule has 1 aliphatic heterocycles. The van der Waals surface area contributed by atoms with Gasteiger partial charge in [-0.05, 0) is 98.9 Å². The molecule has 3 aromatic heterocycles. The van der Waals surface area contributed by atoms with Crippen molar-refractivity contribution < 1.29 is 89.6 Å². The van der Waals surface area contributed by atoms with Crippen molar-refractivity contribution in [3.8, 4) is 6.07 Å². The zero-order chi connectivity index (χ0) is 42.0. The summed E-state index contributed by atoms with van der Waals surface area (Å²) in [4.78, 5) is 16.8. The van der Waals surface area contributed by atoms with Crippen LogP contribution in [0.2, 0.25) is 0 Å². The van der Waals surface area contributed by atoms with Crippen LogP contribution in [-0.2, 0) is 33.3 Å². The molecular formula is C38H30N11Na2O6S3+. The molecule has 0 aliphatic carbocycles. The van der Waals surface area contributed by atoms with Gasteiger partial charge in [0.15, 0.2) is 12.4 Å². The van der Waals surface area contributed by atoms with Crippen molar-refractivity contribution in [2.75, 3.05) is 10.2 Å². The van der Waals surface area contributed by atoms with Gasteiger partial charge in [-0.15, -0.1) is 5.11 Å². The number of pyridine rings is 1. The fourth-order valence-electron chi connectivity index (χ4n) is 7.51. The van der Waals surface area contributed by atoms with Crippen LogP contribution < -0.4 is 73.9 Å². The molecule has 0 radical (unpaired) electrons. The summed E-state index contributed by atoms with van der Waals surface area (Å²) in [5.74, 6) is -0.415. The minimum absolute atomic E-state index is 0. The van der Waals surface area contributed by atoms with Crippen LogP contribution in [0, 0.1) is 66.0 Å². The Morgan fingerprint density at radius 1 is 0.900 bits per heavy atom. The number of azo groups is 1. The van der Waals surface area contributed by atoms with Crippen LogP contribution in [-0.4, -0.2) is 40.5 Å². The Hall–Kier alpha value is -4.60. The topological polar surface area (TPSA) is 221 Å². The number of thiazole rings is 1. The van der Waals surface area contributed by atoms with E-state index in [-0.39, 0.29) is 128 Å². The SMILES string of the molecule is [C-]#[N+]c1nc(N=Nc2c(C)cc(N3c4c(cc(C)c(S(=O)(=O)[O-])c4C)C[n+]4c3sc3ccccc34)nc2Nc2c(C)cc(C)c(S(=O)(=O)[O-])c2C)n(CC#N)c1[N+]#[C-].[Na+].[Na+]. The third kappa shape index (κ3) is 8.12. The van der Waals surface area contributed by atoms with E-state index < -0.39 is 25.1 Å². The van der Waals surface area contributed by atoms with Crippen LogP contribution in [0.1, 0.15) is 38.9 Å². The molecule has 4 heterocycles. The van der Waals surface area contributed by atoms with Gasteiger partial charge in [-0.2, -0.15) is 15.1 Å². The number of nitriles is 1. The Bertz CT molecular complexity index is 3180. The molecule has 7 rings (SSSR count). The van der Waals surface area contributed by atoms with Crippen molar-refractivity contribution in [1.82, 2.24) is 14.5 Å². The fourth-order valence-corrected chi connectivity index (χ4v) is 10.5. The first kappa shape index (κ1) is 46.5. The number of para-hydroxylation sites is 1. The zero-order valence-electron chi connectivity index (χ0n) is 33.6. The van der Waals surface area contributed by atoms with Crippen molar-refractivity contribution in [2.24, 2.45) is 10.2 Å². The van der Waals surface area contributed by atoms with Gasteiger partial charge in [0, 0.05) is 22.9 Å². The number of imidazole rings is 1. The number of fused-ring (bicyclic) bond motifs is 4. The van der Waals surface area contributed by atoms with Crippen molar-refractivity contribution in [3.05, 3.63) is 104 Å². The maximum Gasteiger partial charge on any atom is 1.00 e. The standard InChI is InChI=1S/C38H31N11O6S3.2Na/c1-19-15-21(3)32(57(50,51)52)23(5)29(19)43-34-30(45-46-37-44-35(40-7)36(41-8)47(37)14-13-39)20(2)17-28(42-34)49-31-24(6)33(58(53,54)55)22(4)16-25(31)18-48-26-11-9-10-12-27(26)56-38(48)49;;/h9-12,15-17H,14,18H2,1-6H3,(H2-,42,43,50,51,52,53,54,55);;/q;2*+1/p-1. The average molecular weight is 879 g/mol. The number of benzene rings is 3. The quantitative estimate of drug-likeness (QED) is 0.0766. The third-order valence-electron chi connectivity index (χ3n) is 9.71. The van der Waals surface area contributed by atoms with Crippen LogP contribution in [0.4, 0.5) is 51.4 Å². The van der Waals surface area contributed by atoms with Gasteiger partial charge >= 0.3 is 70.2 Å². The van der Waals surface area contributed by atoms with Crippen molar-refractivity contribution >= 4 is 93.2 Å². The van der Waals surface area contributed by atoms with E-state index in [4.69, 9.17) is 18.1 Å². The molecule has 6 aromatic rings. The van der Waals surface area contributed by atoms with Gasteiger partial charge < -0.3 is 24.1 Å². The Labute approximate surface area is 394 Å². The molecule has 0 fully saturated rings. The van der Waals surface area contributed by atoms with Gasteiger partial charge in [0.1, 0.15) is 49.7 Å².